The van der Waals surface area contributed by atoms with E-state index in [4.69, 9.17) is 5.11 Å². The first-order valence-corrected chi connectivity index (χ1v) is 7.96. The fourth-order valence-electron chi connectivity index (χ4n) is 2.40. The van der Waals surface area contributed by atoms with Crippen LogP contribution >= 0.6 is 0 Å². The lowest BCUT2D eigenvalue weighted by Crippen LogP contribution is -2.48. The van der Waals surface area contributed by atoms with Gasteiger partial charge in [0, 0.05) is 25.7 Å². The SMILES string of the molecule is O=S(=O)(NC(CCO)C1CC1)N1CCCCC1. The Morgan fingerprint density at radius 3 is 2.41 bits per heavy atom. The summed E-state index contributed by atoms with van der Waals surface area (Å²) in [5.41, 5.74) is 0. The highest BCUT2D eigenvalue weighted by Gasteiger charge is 2.35. The molecule has 1 aliphatic heterocycles. The van der Waals surface area contributed by atoms with Gasteiger partial charge in [-0.1, -0.05) is 6.42 Å². The van der Waals surface area contributed by atoms with Gasteiger partial charge < -0.3 is 5.11 Å². The summed E-state index contributed by atoms with van der Waals surface area (Å²) in [6.45, 7) is 1.31. The van der Waals surface area contributed by atoms with Crippen LogP contribution in [0.15, 0.2) is 0 Å². The first-order chi connectivity index (χ1) is 8.13. The molecule has 0 aromatic rings. The van der Waals surface area contributed by atoms with Gasteiger partial charge in [-0.25, -0.2) is 0 Å². The van der Waals surface area contributed by atoms with E-state index in [-0.39, 0.29) is 12.6 Å². The van der Waals surface area contributed by atoms with Crippen molar-refractivity contribution in [1.29, 1.82) is 0 Å². The van der Waals surface area contributed by atoms with Crippen molar-refractivity contribution < 1.29 is 13.5 Å². The summed E-state index contributed by atoms with van der Waals surface area (Å²) in [6, 6.07) is -0.0769. The van der Waals surface area contributed by atoms with Crippen LogP contribution in [0.5, 0.6) is 0 Å². The van der Waals surface area contributed by atoms with Crippen LogP contribution in [0, 0.1) is 5.92 Å². The van der Waals surface area contributed by atoms with Crippen molar-refractivity contribution in [1.82, 2.24) is 9.03 Å². The standard InChI is InChI=1S/C11H22N2O3S/c14-9-6-11(10-4-5-10)12-17(15,16)13-7-2-1-3-8-13/h10-12,14H,1-9H2. The van der Waals surface area contributed by atoms with Gasteiger partial charge in [0.1, 0.15) is 0 Å². The monoisotopic (exact) mass is 262 g/mol. The van der Waals surface area contributed by atoms with Gasteiger partial charge in [0.05, 0.1) is 0 Å². The second kappa shape index (κ2) is 5.65. The summed E-state index contributed by atoms with van der Waals surface area (Å²) < 4.78 is 28.6. The molecule has 1 unspecified atom stereocenters. The van der Waals surface area contributed by atoms with E-state index in [0.29, 0.717) is 25.4 Å². The summed E-state index contributed by atoms with van der Waals surface area (Å²) in [6.07, 6.45) is 5.71. The van der Waals surface area contributed by atoms with Crippen molar-refractivity contribution in [3.8, 4) is 0 Å². The Balaban J connectivity index is 1.94. The van der Waals surface area contributed by atoms with Gasteiger partial charge in [-0.05, 0) is 38.0 Å². The number of aliphatic hydroxyl groups is 1. The smallest absolute Gasteiger partial charge is 0.279 e. The minimum absolute atomic E-state index is 0.0453. The van der Waals surface area contributed by atoms with E-state index in [2.05, 4.69) is 4.72 Å². The Kier molecular flexibility index (Phi) is 4.41. The Morgan fingerprint density at radius 2 is 1.88 bits per heavy atom. The molecule has 2 fully saturated rings. The van der Waals surface area contributed by atoms with Gasteiger partial charge in [0.2, 0.25) is 0 Å². The van der Waals surface area contributed by atoms with Gasteiger partial charge in [-0.3, -0.25) is 0 Å². The van der Waals surface area contributed by atoms with Crippen molar-refractivity contribution >= 4 is 10.2 Å². The minimum Gasteiger partial charge on any atom is -0.396 e. The Labute approximate surface area is 103 Å². The molecule has 0 radical (unpaired) electrons. The molecular formula is C11H22N2O3S. The molecule has 0 bridgehead atoms. The van der Waals surface area contributed by atoms with Crippen LogP contribution in [0.25, 0.3) is 0 Å². The molecule has 0 amide bonds. The quantitative estimate of drug-likeness (QED) is 0.731. The Morgan fingerprint density at radius 1 is 1.24 bits per heavy atom. The average molecular weight is 262 g/mol. The van der Waals surface area contributed by atoms with Crippen LogP contribution in [0.3, 0.4) is 0 Å². The number of piperidine rings is 1. The lowest BCUT2D eigenvalue weighted by Gasteiger charge is -2.28. The maximum absolute atomic E-state index is 12.1. The highest BCUT2D eigenvalue weighted by atomic mass is 32.2. The topological polar surface area (TPSA) is 69.6 Å². The maximum Gasteiger partial charge on any atom is 0.279 e. The van der Waals surface area contributed by atoms with Crippen molar-refractivity contribution in [2.45, 2.75) is 44.6 Å². The zero-order chi connectivity index (χ0) is 12.3. The summed E-state index contributed by atoms with van der Waals surface area (Å²) in [5, 5.41) is 8.97. The number of aliphatic hydroxyl groups excluding tert-OH is 1. The molecule has 5 nitrogen and oxygen atoms in total. The predicted octanol–water partition coefficient (Wildman–Crippen LogP) is 0.468. The molecule has 17 heavy (non-hydrogen) atoms. The number of hydrogen-bond acceptors (Lipinski definition) is 3. The number of nitrogens with zero attached hydrogens (tertiary/aromatic N) is 1. The van der Waals surface area contributed by atoms with Gasteiger partial charge in [0.15, 0.2) is 0 Å². The van der Waals surface area contributed by atoms with E-state index in [1.165, 1.54) is 0 Å². The highest BCUT2D eigenvalue weighted by Crippen LogP contribution is 2.34. The first-order valence-electron chi connectivity index (χ1n) is 6.52. The Bertz CT molecular complexity index is 335. The van der Waals surface area contributed by atoms with E-state index in [1.807, 2.05) is 0 Å². The van der Waals surface area contributed by atoms with Crippen LogP contribution in [-0.2, 0) is 10.2 Å². The van der Waals surface area contributed by atoms with E-state index >= 15 is 0 Å². The lowest BCUT2D eigenvalue weighted by atomic mass is 10.1. The zero-order valence-corrected chi connectivity index (χ0v) is 11.0. The molecule has 1 saturated carbocycles. The molecule has 100 valence electrons. The maximum atomic E-state index is 12.1. The largest absolute Gasteiger partial charge is 0.396 e. The molecule has 0 aromatic carbocycles. The normalized spacial score (nSPS) is 24.8. The van der Waals surface area contributed by atoms with E-state index in [1.54, 1.807) is 4.31 Å². The molecule has 2 aliphatic rings. The fourth-order valence-corrected chi connectivity index (χ4v) is 3.98. The van der Waals surface area contributed by atoms with Crippen molar-refractivity contribution in [2.24, 2.45) is 5.92 Å². The molecule has 1 aliphatic carbocycles. The van der Waals surface area contributed by atoms with Crippen LogP contribution in [-0.4, -0.2) is 43.6 Å². The van der Waals surface area contributed by atoms with E-state index in [0.717, 1.165) is 32.1 Å². The van der Waals surface area contributed by atoms with Gasteiger partial charge in [-0.15, -0.1) is 0 Å². The Hall–Kier alpha value is -0.170. The summed E-state index contributed by atoms with van der Waals surface area (Å²) in [4.78, 5) is 0. The van der Waals surface area contributed by atoms with Crippen LogP contribution in [0.1, 0.15) is 38.5 Å². The molecular weight excluding hydrogens is 240 g/mol. The molecule has 1 atom stereocenters. The molecule has 2 rings (SSSR count). The summed E-state index contributed by atoms with van der Waals surface area (Å²) in [5.74, 6) is 0.432. The number of hydrogen-bond donors (Lipinski definition) is 2. The van der Waals surface area contributed by atoms with Gasteiger partial charge in [-0.2, -0.15) is 17.4 Å². The lowest BCUT2D eigenvalue weighted by molar-refractivity contribution is 0.262. The fraction of sp³-hybridized carbons (Fsp3) is 1.00. The predicted molar refractivity (Wildman–Crippen MR) is 65.7 cm³/mol. The summed E-state index contributed by atoms with van der Waals surface area (Å²) >= 11 is 0. The number of rotatable bonds is 6. The second-order valence-corrected chi connectivity index (χ2v) is 6.74. The van der Waals surface area contributed by atoms with Crippen molar-refractivity contribution in [3.63, 3.8) is 0 Å². The van der Waals surface area contributed by atoms with E-state index in [9.17, 15) is 8.42 Å². The first kappa shape index (κ1) is 13.3. The highest BCUT2D eigenvalue weighted by molar-refractivity contribution is 7.87. The van der Waals surface area contributed by atoms with Gasteiger partial charge in [0.25, 0.3) is 10.2 Å². The van der Waals surface area contributed by atoms with Crippen molar-refractivity contribution in [3.05, 3.63) is 0 Å². The zero-order valence-electron chi connectivity index (χ0n) is 10.1. The number of nitrogens with one attached hydrogen (secondary N) is 1. The third-order valence-electron chi connectivity index (χ3n) is 3.59. The average Bonchev–Trinajstić information content (AvgIpc) is 3.13. The minimum atomic E-state index is -3.34. The van der Waals surface area contributed by atoms with E-state index < -0.39 is 10.2 Å². The molecule has 2 N–H and O–H groups in total. The third-order valence-corrected chi connectivity index (χ3v) is 5.23. The van der Waals surface area contributed by atoms with Crippen LogP contribution < -0.4 is 4.72 Å². The van der Waals surface area contributed by atoms with Crippen molar-refractivity contribution in [2.75, 3.05) is 19.7 Å². The molecule has 0 spiro atoms. The second-order valence-electron chi connectivity index (χ2n) is 5.04. The van der Waals surface area contributed by atoms with Crippen LogP contribution in [0.4, 0.5) is 0 Å². The summed E-state index contributed by atoms with van der Waals surface area (Å²) in [7, 11) is -3.34. The molecule has 6 heteroatoms. The van der Waals surface area contributed by atoms with Crippen LogP contribution in [0.2, 0.25) is 0 Å². The van der Waals surface area contributed by atoms with Gasteiger partial charge >= 0.3 is 0 Å². The molecule has 0 aromatic heterocycles. The molecule has 1 saturated heterocycles. The molecule has 1 heterocycles. The third kappa shape index (κ3) is 3.64.